The quantitative estimate of drug-likeness (QED) is 0.162. The summed E-state index contributed by atoms with van der Waals surface area (Å²) in [6, 6.07) is 15.3. The molecule has 1 saturated heterocycles. The Hall–Kier alpha value is -5.45. The molecule has 1 amide bonds. The fourth-order valence-corrected chi connectivity index (χ4v) is 7.89. The highest BCUT2D eigenvalue weighted by Crippen LogP contribution is 2.44. The number of alkyl halides is 3. The molecule has 2 fully saturated rings. The lowest BCUT2D eigenvalue weighted by atomic mass is 9.93. The molecule has 4 aromatic rings. The molecular formula is C34H32F4N4O8S. The highest BCUT2D eigenvalue weighted by Gasteiger charge is 2.47. The van der Waals surface area contributed by atoms with Crippen molar-refractivity contribution in [3.63, 3.8) is 0 Å². The molecule has 0 radical (unpaired) electrons. The van der Waals surface area contributed by atoms with E-state index in [0.717, 1.165) is 10.8 Å². The van der Waals surface area contributed by atoms with Crippen LogP contribution in [0.5, 0.6) is 5.75 Å². The molecule has 2 heterocycles. The Labute approximate surface area is 288 Å². The van der Waals surface area contributed by atoms with E-state index in [-0.39, 0.29) is 29.2 Å². The molecular weight excluding hydrogens is 700 g/mol. The highest BCUT2D eigenvalue weighted by molar-refractivity contribution is 7.92. The van der Waals surface area contributed by atoms with Gasteiger partial charge in [-0.1, -0.05) is 24.3 Å². The number of aliphatic carboxylic acids is 2. The lowest BCUT2D eigenvalue weighted by Gasteiger charge is -2.32. The van der Waals surface area contributed by atoms with Gasteiger partial charge < -0.3 is 30.9 Å². The first-order chi connectivity index (χ1) is 24.0. The van der Waals surface area contributed by atoms with Crippen molar-refractivity contribution in [3.05, 3.63) is 89.9 Å². The Morgan fingerprint density at radius 1 is 1.02 bits per heavy atom. The van der Waals surface area contributed by atoms with Crippen LogP contribution in [0.15, 0.2) is 77.8 Å². The second-order valence-electron chi connectivity index (χ2n) is 11.9. The molecule has 1 saturated carbocycles. The Kier molecular flexibility index (Phi) is 10.4. The van der Waals surface area contributed by atoms with Crippen LogP contribution in [0, 0.1) is 11.7 Å². The molecule has 51 heavy (non-hydrogen) atoms. The summed E-state index contributed by atoms with van der Waals surface area (Å²) in [5.74, 6) is -5.74. The fourth-order valence-electron chi connectivity index (χ4n) is 5.99. The first kappa shape index (κ1) is 36.8. The molecule has 6 rings (SSSR count). The van der Waals surface area contributed by atoms with Crippen molar-refractivity contribution in [2.45, 2.75) is 47.7 Å². The summed E-state index contributed by atoms with van der Waals surface area (Å²) in [4.78, 5) is 41.5. The highest BCUT2D eigenvalue weighted by atomic mass is 32.2. The second kappa shape index (κ2) is 14.4. The second-order valence-corrected chi connectivity index (χ2v) is 14.1. The third kappa shape index (κ3) is 7.82. The number of amides is 1. The monoisotopic (exact) mass is 732 g/mol. The molecule has 1 aliphatic carbocycles. The number of anilines is 2. The average molecular weight is 733 g/mol. The third-order valence-electron chi connectivity index (χ3n) is 8.61. The largest absolute Gasteiger partial charge is 0.494 e. The zero-order valence-corrected chi connectivity index (χ0v) is 27.6. The molecule has 2 unspecified atom stereocenters. The molecule has 3 atom stereocenters. The van der Waals surface area contributed by atoms with Crippen molar-refractivity contribution >= 4 is 50.0 Å². The number of carboxylic acids is 2. The average Bonchev–Trinajstić information content (AvgIpc) is 3.86. The number of methoxy groups -OCH3 is 1. The normalized spacial score (nSPS) is 18.0. The first-order valence-electron chi connectivity index (χ1n) is 15.4. The number of nitrogens with zero attached hydrogens (tertiary/aromatic N) is 2. The summed E-state index contributed by atoms with van der Waals surface area (Å²) in [6.07, 6.45) is -2.30. The number of halogens is 4. The van der Waals surface area contributed by atoms with Crippen LogP contribution in [0.25, 0.3) is 10.8 Å². The number of nitrogens with two attached hydrogens (primary N) is 1. The summed E-state index contributed by atoms with van der Waals surface area (Å²) in [6.45, 7) is 0.0781. The maximum Gasteiger partial charge on any atom is 0.490 e. The Balaban J connectivity index is 0.000000654. The number of nitrogen functional groups attached to an aromatic ring is 1. The predicted molar refractivity (Wildman–Crippen MR) is 176 cm³/mol. The van der Waals surface area contributed by atoms with Gasteiger partial charge in [0, 0.05) is 23.8 Å². The molecule has 17 heteroatoms. The van der Waals surface area contributed by atoms with Crippen LogP contribution in [-0.2, 0) is 24.2 Å². The van der Waals surface area contributed by atoms with E-state index in [0.29, 0.717) is 29.9 Å². The van der Waals surface area contributed by atoms with Gasteiger partial charge in [0.15, 0.2) is 21.4 Å². The zero-order chi connectivity index (χ0) is 37.2. The van der Waals surface area contributed by atoms with Gasteiger partial charge >= 0.3 is 18.1 Å². The van der Waals surface area contributed by atoms with Crippen LogP contribution in [0.3, 0.4) is 0 Å². The number of carbonyl (C=O) groups excluding carboxylic acids is 1. The third-order valence-corrected chi connectivity index (χ3v) is 10.9. The lowest BCUT2D eigenvalue weighted by Crippen LogP contribution is -2.40. The zero-order valence-electron chi connectivity index (χ0n) is 26.8. The van der Waals surface area contributed by atoms with Gasteiger partial charge in [0.05, 0.1) is 29.2 Å². The van der Waals surface area contributed by atoms with E-state index >= 15 is 0 Å². The van der Waals surface area contributed by atoms with E-state index in [1.54, 1.807) is 48.7 Å². The van der Waals surface area contributed by atoms with E-state index in [2.05, 4.69) is 10.3 Å². The maximum atomic E-state index is 14.6. The minimum Gasteiger partial charge on any atom is -0.494 e. The number of rotatable bonds is 9. The van der Waals surface area contributed by atoms with Gasteiger partial charge in [-0.05, 0) is 78.2 Å². The van der Waals surface area contributed by atoms with Crippen LogP contribution in [0.2, 0.25) is 0 Å². The number of aromatic nitrogens is 1. The van der Waals surface area contributed by atoms with Crippen molar-refractivity contribution in [1.29, 1.82) is 0 Å². The number of hydrogen-bond acceptors (Lipinski definition) is 9. The summed E-state index contributed by atoms with van der Waals surface area (Å²) < 4.78 is 78.2. The first-order valence-corrected chi connectivity index (χ1v) is 17.0. The van der Waals surface area contributed by atoms with Gasteiger partial charge in [-0.25, -0.2) is 22.6 Å². The van der Waals surface area contributed by atoms with Gasteiger partial charge in [0.2, 0.25) is 5.91 Å². The van der Waals surface area contributed by atoms with Crippen LogP contribution in [0.1, 0.15) is 42.5 Å². The number of benzene rings is 3. The molecule has 1 aliphatic heterocycles. The number of carboxylic acid groups (broad SMARTS) is 2. The van der Waals surface area contributed by atoms with Gasteiger partial charge in [-0.2, -0.15) is 13.2 Å². The molecule has 2 aliphatic rings. The van der Waals surface area contributed by atoms with Crippen molar-refractivity contribution in [3.8, 4) is 5.75 Å². The topological polar surface area (TPSA) is 189 Å². The Bertz CT molecular complexity index is 2090. The molecule has 270 valence electrons. The van der Waals surface area contributed by atoms with Gasteiger partial charge in [-0.15, -0.1) is 0 Å². The van der Waals surface area contributed by atoms with Crippen molar-refractivity contribution in [1.82, 2.24) is 9.88 Å². The van der Waals surface area contributed by atoms with E-state index in [1.807, 2.05) is 0 Å². The van der Waals surface area contributed by atoms with E-state index in [9.17, 15) is 40.7 Å². The molecule has 0 bridgehead atoms. The van der Waals surface area contributed by atoms with E-state index in [1.165, 1.54) is 36.3 Å². The van der Waals surface area contributed by atoms with E-state index in [4.69, 9.17) is 20.4 Å². The standard InChI is InChI=1S/C32H31FN4O6S.C2HF3O2/c1-43-26-17-19(6-11-25(26)33)28(36-20-7-10-22-18(16-20)12-14-35-30(22)34)31(38)37-15-13-24(32(39)40)29(37)23-4-2-3-5-27(23)44(41,42)21-8-9-21;3-2(4,5)1(6)7/h2-7,10-12,14,16-17,21,24,28-29,36H,8-9,13,15H2,1H3,(H2,34,35)(H,39,40);(H,6,7)/t24?,28-,29?;/m1./s1. The van der Waals surface area contributed by atoms with Gasteiger partial charge in [0.25, 0.3) is 0 Å². The van der Waals surface area contributed by atoms with Crippen molar-refractivity contribution < 1.29 is 55.3 Å². The SMILES string of the molecule is COc1cc([C@@H](Nc2ccc3c(N)nccc3c2)C(=O)N2CCC(C(=O)O)C2c2ccccc2S(=O)(=O)C2CC2)ccc1F.O=C(O)C(F)(F)F. The fraction of sp³-hybridized carbons (Fsp3) is 0.294. The Morgan fingerprint density at radius 3 is 2.33 bits per heavy atom. The van der Waals surface area contributed by atoms with Crippen LogP contribution >= 0.6 is 0 Å². The van der Waals surface area contributed by atoms with Crippen LogP contribution < -0.4 is 15.8 Å². The molecule has 1 aromatic heterocycles. The predicted octanol–water partition coefficient (Wildman–Crippen LogP) is 5.36. The molecule has 12 nitrogen and oxygen atoms in total. The molecule has 3 aromatic carbocycles. The van der Waals surface area contributed by atoms with Gasteiger partial charge in [-0.3, -0.25) is 9.59 Å². The maximum absolute atomic E-state index is 14.6. The number of carbonyl (C=O) groups is 3. The van der Waals surface area contributed by atoms with Crippen LogP contribution in [-0.4, -0.2) is 71.4 Å². The Morgan fingerprint density at radius 2 is 1.71 bits per heavy atom. The number of hydrogen-bond donors (Lipinski definition) is 4. The number of ether oxygens (including phenoxy) is 1. The van der Waals surface area contributed by atoms with Crippen molar-refractivity contribution in [2.75, 3.05) is 24.7 Å². The minimum absolute atomic E-state index is 0.0483. The summed E-state index contributed by atoms with van der Waals surface area (Å²) in [5, 5.41) is 21.5. The minimum atomic E-state index is -5.08. The lowest BCUT2D eigenvalue weighted by molar-refractivity contribution is -0.192. The van der Waals surface area contributed by atoms with Crippen LogP contribution in [0.4, 0.5) is 29.1 Å². The van der Waals surface area contributed by atoms with Gasteiger partial charge in [0.1, 0.15) is 11.9 Å². The molecule has 5 N–H and O–H groups in total. The number of nitrogens with one attached hydrogen (secondary N) is 1. The summed E-state index contributed by atoms with van der Waals surface area (Å²) in [5.41, 5.74) is 7.22. The smallest absolute Gasteiger partial charge is 0.490 e. The number of likely N-dealkylation sites (tertiary alicyclic amines) is 1. The number of fused-ring (bicyclic) bond motifs is 1. The number of pyridine rings is 1. The summed E-state index contributed by atoms with van der Waals surface area (Å²) in [7, 11) is -2.39. The summed E-state index contributed by atoms with van der Waals surface area (Å²) >= 11 is 0. The van der Waals surface area contributed by atoms with Crippen molar-refractivity contribution in [2.24, 2.45) is 5.92 Å². The van der Waals surface area contributed by atoms with E-state index < -0.39 is 62.9 Å². The number of sulfone groups is 1. The molecule has 0 spiro atoms.